The molecule has 8 heteroatoms. The molecule has 33 heavy (non-hydrogen) atoms. The van der Waals surface area contributed by atoms with Gasteiger partial charge in [-0.15, -0.1) is 0 Å². The van der Waals surface area contributed by atoms with Crippen molar-refractivity contribution in [1.29, 1.82) is 0 Å². The van der Waals surface area contributed by atoms with Gasteiger partial charge < -0.3 is 9.53 Å². The maximum absolute atomic E-state index is 14.0. The molecule has 1 aliphatic heterocycles. The number of alkyl halides is 5. The van der Waals surface area contributed by atoms with E-state index in [4.69, 9.17) is 4.74 Å². The van der Waals surface area contributed by atoms with E-state index in [0.29, 0.717) is 17.3 Å². The number of rotatable bonds is 6. The van der Waals surface area contributed by atoms with Crippen molar-refractivity contribution in [1.82, 2.24) is 4.90 Å². The van der Waals surface area contributed by atoms with Gasteiger partial charge in [-0.05, 0) is 80.1 Å². The molecule has 0 atom stereocenters. The van der Waals surface area contributed by atoms with E-state index in [-0.39, 0.29) is 42.9 Å². The van der Waals surface area contributed by atoms with E-state index in [0.717, 1.165) is 37.8 Å². The third-order valence-electron chi connectivity index (χ3n) is 6.97. The van der Waals surface area contributed by atoms with Crippen LogP contribution < -0.4 is 4.74 Å². The van der Waals surface area contributed by atoms with E-state index < -0.39 is 24.6 Å². The first-order chi connectivity index (χ1) is 15.7. The average molecular weight is 469 g/mol. The topological polar surface area (TPSA) is 29.5 Å². The molecule has 2 aromatic rings. The normalized spacial score (nSPS) is 23.2. The molecule has 0 aromatic heterocycles. The predicted octanol–water partition coefficient (Wildman–Crippen LogP) is 6.69. The van der Waals surface area contributed by atoms with Crippen LogP contribution in [0, 0.1) is 11.8 Å². The molecule has 2 aliphatic rings. The van der Waals surface area contributed by atoms with E-state index in [9.17, 15) is 26.7 Å². The average Bonchev–Trinajstić information content (AvgIpc) is 2.79. The van der Waals surface area contributed by atoms with Crippen molar-refractivity contribution in [2.24, 2.45) is 11.8 Å². The number of likely N-dealkylation sites (tertiary alicyclic amines) is 1. The Morgan fingerprint density at radius 2 is 1.70 bits per heavy atom. The summed E-state index contributed by atoms with van der Waals surface area (Å²) in [6, 6.07) is 8.65. The number of fused-ring (bicyclic) bond motifs is 1. The van der Waals surface area contributed by atoms with E-state index in [1.54, 1.807) is 12.1 Å². The lowest BCUT2D eigenvalue weighted by molar-refractivity contribution is -0.185. The number of ether oxygens (including phenoxy) is 1. The third-order valence-corrected chi connectivity index (χ3v) is 6.97. The van der Waals surface area contributed by atoms with Crippen molar-refractivity contribution >= 4 is 17.1 Å². The van der Waals surface area contributed by atoms with Crippen LogP contribution in [0.4, 0.5) is 22.0 Å². The lowest BCUT2D eigenvalue weighted by atomic mass is 9.87. The zero-order valence-electron chi connectivity index (χ0n) is 18.3. The number of hydrogen-bond donors (Lipinski definition) is 0. The smallest absolute Gasteiger partial charge is 0.391 e. The van der Waals surface area contributed by atoms with Crippen molar-refractivity contribution in [3.63, 3.8) is 0 Å². The molecular weight excluding hydrogens is 441 g/mol. The van der Waals surface area contributed by atoms with Crippen molar-refractivity contribution in [3.8, 4) is 5.75 Å². The van der Waals surface area contributed by atoms with Crippen molar-refractivity contribution in [3.05, 3.63) is 41.5 Å². The van der Waals surface area contributed by atoms with Crippen molar-refractivity contribution in [2.45, 2.75) is 63.8 Å². The molecule has 4 rings (SSSR count). The fourth-order valence-corrected chi connectivity index (χ4v) is 5.00. The van der Waals surface area contributed by atoms with Crippen LogP contribution in [0.1, 0.15) is 56.1 Å². The lowest BCUT2D eigenvalue weighted by Crippen LogP contribution is -2.33. The van der Waals surface area contributed by atoms with Crippen molar-refractivity contribution in [2.75, 3.05) is 13.1 Å². The Morgan fingerprint density at radius 1 is 1.00 bits per heavy atom. The highest BCUT2D eigenvalue weighted by molar-refractivity contribution is 5.88. The third kappa shape index (κ3) is 5.65. The van der Waals surface area contributed by atoms with Gasteiger partial charge >= 0.3 is 6.18 Å². The Kier molecular flexibility index (Phi) is 7.22. The summed E-state index contributed by atoms with van der Waals surface area (Å²) in [7, 11) is 0. The SMILES string of the molecule is O=CC1CCN(Cc2ccc3c(C(F)F)c(OC4CCC(C(F)(F)F)CC4)ccc3c2)CC1. The monoisotopic (exact) mass is 469 g/mol. The number of piperidine rings is 1. The number of halogens is 5. The van der Waals surface area contributed by atoms with Gasteiger partial charge in [-0.25, -0.2) is 8.78 Å². The summed E-state index contributed by atoms with van der Waals surface area (Å²) in [6.07, 6.45) is -4.48. The first-order valence-electron chi connectivity index (χ1n) is 11.5. The molecule has 1 heterocycles. The molecule has 1 saturated heterocycles. The van der Waals surface area contributed by atoms with Crippen LogP contribution in [0.15, 0.2) is 30.3 Å². The molecule has 0 radical (unpaired) electrons. The number of aldehydes is 1. The minimum absolute atomic E-state index is 0.0424. The summed E-state index contributed by atoms with van der Waals surface area (Å²) in [5.41, 5.74) is 0.801. The Bertz CT molecular complexity index is 961. The molecule has 3 nitrogen and oxygen atoms in total. The molecule has 1 saturated carbocycles. The van der Waals surface area contributed by atoms with Gasteiger partial charge in [-0.2, -0.15) is 13.2 Å². The maximum Gasteiger partial charge on any atom is 0.391 e. The Balaban J connectivity index is 1.48. The van der Waals surface area contributed by atoms with Gasteiger partial charge in [0.25, 0.3) is 6.43 Å². The van der Waals surface area contributed by atoms with Crippen LogP contribution in [-0.2, 0) is 11.3 Å². The molecule has 0 N–H and O–H groups in total. The predicted molar refractivity (Wildman–Crippen MR) is 115 cm³/mol. The quantitative estimate of drug-likeness (QED) is 0.349. The molecule has 2 fully saturated rings. The van der Waals surface area contributed by atoms with Crippen LogP contribution in [0.25, 0.3) is 10.8 Å². The zero-order valence-corrected chi connectivity index (χ0v) is 18.3. The first kappa shape index (κ1) is 23.9. The molecule has 0 unspecified atom stereocenters. The van der Waals surface area contributed by atoms with Crippen LogP contribution in [-0.4, -0.2) is 36.6 Å². The summed E-state index contributed by atoms with van der Waals surface area (Å²) >= 11 is 0. The zero-order chi connectivity index (χ0) is 23.6. The van der Waals surface area contributed by atoms with E-state index in [1.165, 1.54) is 6.07 Å². The Hall–Kier alpha value is -2.22. The summed E-state index contributed by atoms with van der Waals surface area (Å²) in [5, 5.41) is 1.08. The number of benzene rings is 2. The second kappa shape index (κ2) is 9.95. The lowest BCUT2D eigenvalue weighted by Gasteiger charge is -2.31. The largest absolute Gasteiger partial charge is 0.490 e. The number of carbonyl (C=O) groups is 1. The van der Waals surface area contributed by atoms with Crippen molar-refractivity contribution < 1.29 is 31.5 Å². The number of hydrogen-bond acceptors (Lipinski definition) is 3. The van der Waals surface area contributed by atoms with E-state index in [2.05, 4.69) is 4.90 Å². The molecule has 0 spiro atoms. The fourth-order valence-electron chi connectivity index (χ4n) is 5.00. The minimum atomic E-state index is -4.22. The van der Waals surface area contributed by atoms with Gasteiger partial charge in [-0.1, -0.05) is 18.2 Å². The number of nitrogens with zero attached hydrogens (tertiary/aromatic N) is 1. The summed E-state index contributed by atoms with van der Waals surface area (Å²) < 4.78 is 72.5. The highest BCUT2D eigenvalue weighted by atomic mass is 19.4. The van der Waals surface area contributed by atoms with Gasteiger partial charge in [0.2, 0.25) is 0 Å². The summed E-state index contributed by atoms with van der Waals surface area (Å²) in [4.78, 5) is 13.2. The Morgan fingerprint density at radius 3 is 2.30 bits per heavy atom. The minimum Gasteiger partial charge on any atom is -0.490 e. The van der Waals surface area contributed by atoms with Crippen LogP contribution in [0.5, 0.6) is 5.75 Å². The van der Waals surface area contributed by atoms with Gasteiger partial charge in [0.1, 0.15) is 12.0 Å². The van der Waals surface area contributed by atoms with Crippen LogP contribution >= 0.6 is 0 Å². The molecule has 1 aliphatic carbocycles. The molecule has 2 aromatic carbocycles. The van der Waals surface area contributed by atoms with Gasteiger partial charge in [-0.3, -0.25) is 4.90 Å². The molecule has 0 amide bonds. The van der Waals surface area contributed by atoms with Gasteiger partial charge in [0.15, 0.2) is 0 Å². The van der Waals surface area contributed by atoms with Gasteiger partial charge in [0.05, 0.1) is 17.6 Å². The van der Waals surface area contributed by atoms with E-state index >= 15 is 0 Å². The van der Waals surface area contributed by atoms with E-state index in [1.807, 2.05) is 12.1 Å². The first-order valence-corrected chi connectivity index (χ1v) is 11.5. The van der Waals surface area contributed by atoms with Gasteiger partial charge in [0, 0.05) is 12.5 Å². The fraction of sp³-hybridized carbons (Fsp3) is 0.560. The summed E-state index contributed by atoms with van der Waals surface area (Å²) in [5.74, 6) is -1.17. The highest BCUT2D eigenvalue weighted by Crippen LogP contribution is 2.41. The molecular formula is C25H28F5NO2. The second-order valence-electron chi connectivity index (χ2n) is 9.22. The maximum atomic E-state index is 14.0. The molecule has 0 bridgehead atoms. The molecule has 180 valence electrons. The standard InChI is InChI=1S/C25H28F5NO2/c26-24(27)23-21-7-1-17(14-31-11-9-16(15-32)10-12-31)13-18(21)2-8-22(23)33-20-5-3-19(4-6-20)25(28,29)30/h1-2,7-8,13,15-16,19-20,24H,3-6,9-12,14H2. The van der Waals surface area contributed by atoms with Crippen LogP contribution in [0.3, 0.4) is 0 Å². The Labute approximate surface area is 189 Å². The second-order valence-corrected chi connectivity index (χ2v) is 9.22. The highest BCUT2D eigenvalue weighted by Gasteiger charge is 2.42. The van der Waals surface area contributed by atoms with Crippen LogP contribution in [0.2, 0.25) is 0 Å². The number of carbonyl (C=O) groups excluding carboxylic acids is 1. The summed E-state index contributed by atoms with van der Waals surface area (Å²) in [6.45, 7) is 2.34.